The van der Waals surface area contributed by atoms with Crippen LogP contribution in [0.3, 0.4) is 0 Å². The summed E-state index contributed by atoms with van der Waals surface area (Å²) in [5.41, 5.74) is 2.62. The van der Waals surface area contributed by atoms with E-state index in [1.807, 2.05) is 23.9 Å². The second kappa shape index (κ2) is 5.80. The fourth-order valence-electron chi connectivity index (χ4n) is 2.87. The van der Waals surface area contributed by atoms with Crippen LogP contribution in [0.5, 0.6) is 0 Å². The Bertz CT molecular complexity index is 511. The van der Waals surface area contributed by atoms with Crippen molar-refractivity contribution in [3.63, 3.8) is 0 Å². The molecule has 19 heavy (non-hydrogen) atoms. The van der Waals surface area contributed by atoms with Crippen molar-refractivity contribution in [1.29, 1.82) is 0 Å². The van der Waals surface area contributed by atoms with Gasteiger partial charge in [-0.1, -0.05) is 43.2 Å². The summed E-state index contributed by atoms with van der Waals surface area (Å²) in [6.07, 6.45) is 6.76. The Kier molecular flexibility index (Phi) is 4.08. The number of hydrogen-bond acceptors (Lipinski definition) is 3. The van der Waals surface area contributed by atoms with Gasteiger partial charge in [0.25, 0.3) is 0 Å². The number of benzene rings is 1. The van der Waals surface area contributed by atoms with Gasteiger partial charge >= 0.3 is 0 Å². The molecule has 1 aromatic carbocycles. The van der Waals surface area contributed by atoms with Crippen LogP contribution in [-0.2, 0) is 0 Å². The molecular formula is C15H20N2S2. The van der Waals surface area contributed by atoms with Gasteiger partial charge in [0.1, 0.15) is 0 Å². The third kappa shape index (κ3) is 2.95. The molecule has 0 aliphatic heterocycles. The van der Waals surface area contributed by atoms with Gasteiger partial charge in [0.15, 0.2) is 5.16 Å². The van der Waals surface area contributed by atoms with Crippen LogP contribution in [0.4, 0.5) is 0 Å². The van der Waals surface area contributed by atoms with E-state index in [1.54, 1.807) is 0 Å². The molecule has 1 aliphatic carbocycles. The maximum Gasteiger partial charge on any atom is 0.166 e. The first-order chi connectivity index (χ1) is 9.31. The Morgan fingerprint density at radius 2 is 2.00 bits per heavy atom. The minimum absolute atomic E-state index is 0.422. The summed E-state index contributed by atoms with van der Waals surface area (Å²) in [6, 6.07) is 8.23. The summed E-state index contributed by atoms with van der Waals surface area (Å²) in [7, 11) is 0. The predicted octanol–water partition coefficient (Wildman–Crippen LogP) is 4.54. The fraction of sp³-hybridized carbons (Fsp3) is 0.533. The number of fused-ring (bicyclic) bond motifs is 1. The third-order valence-corrected chi connectivity index (χ3v) is 6.03. The number of H-pyrrole nitrogens is 1. The van der Waals surface area contributed by atoms with Crippen molar-refractivity contribution >= 4 is 35.4 Å². The van der Waals surface area contributed by atoms with Crippen molar-refractivity contribution in [3.8, 4) is 0 Å². The first-order valence-corrected chi connectivity index (χ1v) is 8.62. The molecule has 0 amide bonds. The molecule has 1 N–H and O–H groups in total. The van der Waals surface area contributed by atoms with Gasteiger partial charge in [-0.15, -0.1) is 0 Å². The quantitative estimate of drug-likeness (QED) is 0.640. The maximum absolute atomic E-state index is 4.64. The van der Waals surface area contributed by atoms with E-state index >= 15 is 0 Å². The fourth-order valence-corrected chi connectivity index (χ4v) is 4.63. The predicted molar refractivity (Wildman–Crippen MR) is 86.2 cm³/mol. The van der Waals surface area contributed by atoms with E-state index in [0.717, 1.165) is 27.7 Å². The van der Waals surface area contributed by atoms with Gasteiger partial charge in [-0.05, 0) is 36.1 Å². The van der Waals surface area contributed by atoms with E-state index < -0.39 is 0 Å². The lowest BCUT2D eigenvalue weighted by Gasteiger charge is -2.35. The molecule has 0 atom stereocenters. The monoisotopic (exact) mass is 292 g/mol. The summed E-state index contributed by atoms with van der Waals surface area (Å²) in [5, 5.41) is 1.05. The zero-order valence-corrected chi connectivity index (χ0v) is 12.8. The molecule has 0 spiro atoms. The third-order valence-electron chi connectivity index (χ3n) is 4.13. The first kappa shape index (κ1) is 13.4. The Morgan fingerprint density at radius 1 is 1.21 bits per heavy atom. The lowest BCUT2D eigenvalue weighted by molar-refractivity contribution is 0.258. The first-order valence-electron chi connectivity index (χ1n) is 7.00. The Morgan fingerprint density at radius 3 is 2.74 bits per heavy atom. The van der Waals surface area contributed by atoms with Crippen molar-refractivity contribution in [3.05, 3.63) is 24.3 Å². The summed E-state index contributed by atoms with van der Waals surface area (Å²) in [5.74, 6) is 2.14. The van der Waals surface area contributed by atoms with Crippen LogP contribution in [-0.4, -0.2) is 21.5 Å². The minimum atomic E-state index is 0.422. The molecule has 1 aliphatic rings. The molecule has 2 nitrogen and oxygen atoms in total. The molecule has 0 bridgehead atoms. The molecule has 0 unspecified atom stereocenters. The molecule has 1 heterocycles. The zero-order valence-electron chi connectivity index (χ0n) is 11.1. The van der Waals surface area contributed by atoms with E-state index in [4.69, 9.17) is 0 Å². The highest BCUT2D eigenvalue weighted by Crippen LogP contribution is 2.41. The summed E-state index contributed by atoms with van der Waals surface area (Å²) < 4.78 is 0. The number of aromatic amines is 1. The van der Waals surface area contributed by atoms with Crippen molar-refractivity contribution in [2.45, 2.75) is 37.3 Å². The van der Waals surface area contributed by atoms with Crippen molar-refractivity contribution in [2.24, 2.45) is 5.41 Å². The van der Waals surface area contributed by atoms with Crippen LogP contribution in [0.1, 0.15) is 32.1 Å². The Hall–Kier alpha value is -0.610. The molecule has 102 valence electrons. The van der Waals surface area contributed by atoms with Crippen LogP contribution in [0, 0.1) is 5.41 Å². The van der Waals surface area contributed by atoms with Gasteiger partial charge in [0.2, 0.25) is 0 Å². The molecular weight excluding hydrogens is 272 g/mol. The molecule has 4 heteroatoms. The number of thioether (sulfide) groups is 1. The molecule has 1 saturated carbocycles. The number of nitrogens with one attached hydrogen (secondary N) is 1. The highest BCUT2D eigenvalue weighted by Gasteiger charge is 2.30. The zero-order chi connectivity index (χ0) is 13.1. The number of nitrogens with zero attached hydrogens (tertiary/aromatic N) is 1. The number of thiol groups is 1. The lowest BCUT2D eigenvalue weighted by Crippen LogP contribution is -2.28. The number of aromatic nitrogens is 2. The van der Waals surface area contributed by atoms with Crippen molar-refractivity contribution in [1.82, 2.24) is 9.97 Å². The number of para-hydroxylation sites is 2. The molecule has 1 fully saturated rings. The summed E-state index contributed by atoms with van der Waals surface area (Å²) >= 11 is 6.46. The molecule has 0 saturated heterocycles. The summed E-state index contributed by atoms with van der Waals surface area (Å²) in [6.45, 7) is 0. The standard InChI is InChI=1S/C15H20N2S2/c18-10-15(8-4-1-5-9-15)11-19-14-16-12-6-2-3-7-13(12)17-14/h2-3,6-7,18H,1,4-5,8-11H2,(H,16,17). The molecule has 0 radical (unpaired) electrons. The second-order valence-electron chi connectivity index (χ2n) is 5.57. The highest BCUT2D eigenvalue weighted by molar-refractivity contribution is 7.99. The van der Waals surface area contributed by atoms with Gasteiger partial charge < -0.3 is 4.98 Å². The molecule has 1 aromatic heterocycles. The average molecular weight is 292 g/mol. The highest BCUT2D eigenvalue weighted by atomic mass is 32.2. The van der Waals surface area contributed by atoms with Crippen LogP contribution in [0.25, 0.3) is 11.0 Å². The van der Waals surface area contributed by atoms with E-state index in [0.29, 0.717) is 5.41 Å². The van der Waals surface area contributed by atoms with Gasteiger partial charge in [-0.3, -0.25) is 0 Å². The van der Waals surface area contributed by atoms with Gasteiger partial charge in [0, 0.05) is 5.75 Å². The smallest absolute Gasteiger partial charge is 0.166 e. The molecule has 3 rings (SSSR count). The largest absolute Gasteiger partial charge is 0.333 e. The van der Waals surface area contributed by atoms with Crippen LogP contribution >= 0.6 is 24.4 Å². The second-order valence-corrected chi connectivity index (χ2v) is 6.85. The number of rotatable bonds is 4. The normalized spacial score (nSPS) is 18.8. The van der Waals surface area contributed by atoms with E-state index in [9.17, 15) is 0 Å². The van der Waals surface area contributed by atoms with E-state index in [-0.39, 0.29) is 0 Å². The topological polar surface area (TPSA) is 28.7 Å². The van der Waals surface area contributed by atoms with Gasteiger partial charge in [-0.2, -0.15) is 12.6 Å². The van der Waals surface area contributed by atoms with Crippen LogP contribution < -0.4 is 0 Å². The number of imidazole rings is 1. The Balaban J connectivity index is 1.70. The SMILES string of the molecule is SCC1(CSc2nc3ccccc3[nH]2)CCCCC1. The van der Waals surface area contributed by atoms with Crippen LogP contribution in [0.2, 0.25) is 0 Å². The van der Waals surface area contributed by atoms with E-state index in [1.165, 1.54) is 32.1 Å². The van der Waals surface area contributed by atoms with Gasteiger partial charge in [-0.25, -0.2) is 4.98 Å². The van der Waals surface area contributed by atoms with Crippen molar-refractivity contribution < 1.29 is 0 Å². The molecule has 2 aromatic rings. The minimum Gasteiger partial charge on any atom is -0.333 e. The van der Waals surface area contributed by atoms with Gasteiger partial charge in [0.05, 0.1) is 11.0 Å². The summed E-state index contributed by atoms with van der Waals surface area (Å²) in [4.78, 5) is 8.05. The van der Waals surface area contributed by atoms with E-state index in [2.05, 4.69) is 34.7 Å². The number of hydrogen-bond donors (Lipinski definition) is 2. The maximum atomic E-state index is 4.64. The van der Waals surface area contributed by atoms with Crippen molar-refractivity contribution in [2.75, 3.05) is 11.5 Å². The lowest BCUT2D eigenvalue weighted by atomic mass is 9.77. The van der Waals surface area contributed by atoms with Crippen LogP contribution in [0.15, 0.2) is 29.4 Å². The average Bonchev–Trinajstić information content (AvgIpc) is 2.89. The Labute approximate surface area is 124 Å².